The maximum absolute atomic E-state index is 12.8. The molecule has 2 N–H and O–H groups in total. The summed E-state index contributed by atoms with van der Waals surface area (Å²) in [5.41, 5.74) is 5.73. The number of nitrogens with one attached hydrogen (secondary N) is 1. The molecule has 31 heavy (non-hydrogen) atoms. The zero-order valence-corrected chi connectivity index (χ0v) is 17.1. The lowest BCUT2D eigenvalue weighted by Gasteiger charge is -2.06. The third kappa shape index (κ3) is 4.96. The number of halogens is 1. The number of hydrogen-bond donors (Lipinski definition) is 2. The van der Waals surface area contributed by atoms with Crippen molar-refractivity contribution in [3.8, 4) is 17.0 Å². The minimum absolute atomic E-state index is 0.0761. The number of hydrogen-bond acceptors (Lipinski definition) is 5. The molecule has 2 aromatic carbocycles. The Bertz CT molecular complexity index is 1220. The first kappa shape index (κ1) is 20.3. The summed E-state index contributed by atoms with van der Waals surface area (Å²) in [5.74, 6) is -0.351. The number of carbonyl (C=O) groups excluding carboxylic acids is 1. The zero-order chi connectivity index (χ0) is 21.6. The second-order valence-corrected chi connectivity index (χ2v) is 7.07. The van der Waals surface area contributed by atoms with Gasteiger partial charge < -0.3 is 5.11 Å². The summed E-state index contributed by atoms with van der Waals surface area (Å²) >= 11 is 5.87. The number of aromatic nitrogens is 3. The molecule has 0 radical (unpaired) electrons. The summed E-state index contributed by atoms with van der Waals surface area (Å²) in [6.07, 6.45) is 3.03. The average molecular weight is 432 g/mol. The molecule has 0 spiro atoms. The van der Waals surface area contributed by atoms with Crippen molar-refractivity contribution >= 4 is 23.7 Å². The summed E-state index contributed by atoms with van der Waals surface area (Å²) in [5, 5.41) is 18.8. The molecule has 2 aromatic heterocycles. The van der Waals surface area contributed by atoms with E-state index in [2.05, 4.69) is 20.6 Å². The molecule has 0 bridgehead atoms. The monoisotopic (exact) mass is 431 g/mol. The topological polar surface area (TPSA) is 92.4 Å². The van der Waals surface area contributed by atoms with Crippen LogP contribution in [0.25, 0.3) is 11.3 Å². The molecule has 2 heterocycles. The number of pyridine rings is 1. The SMILES string of the molecule is O=C(N/N=C/c1ccccc1O)c1cc(-c2ccccc2)nn1Cc1ccc(Cl)nc1. The van der Waals surface area contributed by atoms with Gasteiger partial charge in [-0.25, -0.2) is 10.4 Å². The van der Waals surface area contributed by atoms with E-state index in [0.29, 0.717) is 28.6 Å². The number of aromatic hydroxyl groups is 1. The fourth-order valence-electron chi connectivity index (χ4n) is 2.96. The molecule has 1 amide bonds. The molecule has 8 heteroatoms. The molecule has 0 atom stereocenters. The predicted molar refractivity (Wildman–Crippen MR) is 119 cm³/mol. The van der Waals surface area contributed by atoms with Gasteiger partial charge in [0.25, 0.3) is 5.91 Å². The van der Waals surface area contributed by atoms with Crippen LogP contribution in [0, 0.1) is 0 Å². The average Bonchev–Trinajstić information content (AvgIpc) is 3.21. The number of amides is 1. The van der Waals surface area contributed by atoms with Crippen LogP contribution >= 0.6 is 11.6 Å². The van der Waals surface area contributed by atoms with Crippen molar-refractivity contribution in [1.29, 1.82) is 0 Å². The van der Waals surface area contributed by atoms with Crippen molar-refractivity contribution in [3.05, 3.63) is 101 Å². The summed E-state index contributed by atoms with van der Waals surface area (Å²) < 4.78 is 1.60. The molecule has 4 aromatic rings. The van der Waals surface area contributed by atoms with Crippen LogP contribution in [0.15, 0.2) is 84.1 Å². The largest absolute Gasteiger partial charge is 0.507 e. The van der Waals surface area contributed by atoms with Gasteiger partial charge in [-0.15, -0.1) is 0 Å². The van der Waals surface area contributed by atoms with Crippen LogP contribution in [0.2, 0.25) is 5.15 Å². The van der Waals surface area contributed by atoms with Gasteiger partial charge in [-0.1, -0.05) is 60.1 Å². The predicted octanol–water partition coefficient (Wildman–Crippen LogP) is 4.12. The Balaban J connectivity index is 1.61. The van der Waals surface area contributed by atoms with Gasteiger partial charge in [0.2, 0.25) is 0 Å². The fourth-order valence-corrected chi connectivity index (χ4v) is 3.07. The lowest BCUT2D eigenvalue weighted by atomic mass is 10.1. The first-order chi connectivity index (χ1) is 15.1. The number of para-hydroxylation sites is 1. The molecule has 0 aliphatic carbocycles. The van der Waals surface area contributed by atoms with E-state index in [1.54, 1.807) is 47.3 Å². The van der Waals surface area contributed by atoms with Gasteiger partial charge in [-0.05, 0) is 29.8 Å². The lowest BCUT2D eigenvalue weighted by Crippen LogP contribution is -2.22. The summed E-state index contributed by atoms with van der Waals surface area (Å²) in [7, 11) is 0. The Morgan fingerprint density at radius 1 is 1.10 bits per heavy atom. The number of carbonyl (C=O) groups is 1. The maximum Gasteiger partial charge on any atom is 0.289 e. The normalized spacial score (nSPS) is 11.0. The first-order valence-corrected chi connectivity index (χ1v) is 9.83. The van der Waals surface area contributed by atoms with E-state index in [1.807, 2.05) is 36.4 Å². The molecular formula is C23H18ClN5O2. The van der Waals surface area contributed by atoms with Gasteiger partial charge in [0.05, 0.1) is 18.5 Å². The smallest absolute Gasteiger partial charge is 0.289 e. The van der Waals surface area contributed by atoms with Crippen molar-refractivity contribution in [2.45, 2.75) is 6.54 Å². The molecule has 0 fully saturated rings. The van der Waals surface area contributed by atoms with Crippen LogP contribution in [0.5, 0.6) is 5.75 Å². The van der Waals surface area contributed by atoms with Gasteiger partial charge in [-0.2, -0.15) is 10.2 Å². The standard InChI is InChI=1S/C23H18ClN5O2/c24-22-11-10-16(13-25-22)15-29-20(12-19(28-29)17-6-2-1-3-7-17)23(31)27-26-14-18-8-4-5-9-21(18)30/h1-14,30H,15H2,(H,27,31)/b26-14+. The molecule has 7 nitrogen and oxygen atoms in total. The van der Waals surface area contributed by atoms with Crippen molar-refractivity contribution < 1.29 is 9.90 Å². The van der Waals surface area contributed by atoms with Gasteiger partial charge in [-0.3, -0.25) is 9.48 Å². The van der Waals surface area contributed by atoms with Crippen molar-refractivity contribution in [1.82, 2.24) is 20.2 Å². The maximum atomic E-state index is 12.8. The van der Waals surface area contributed by atoms with Crippen LogP contribution in [0.4, 0.5) is 0 Å². The Kier molecular flexibility index (Phi) is 6.05. The van der Waals surface area contributed by atoms with Crippen LogP contribution in [0.1, 0.15) is 21.6 Å². The fraction of sp³-hybridized carbons (Fsp3) is 0.0435. The van der Waals surface area contributed by atoms with Crippen LogP contribution in [-0.4, -0.2) is 32.0 Å². The molecule has 0 saturated carbocycles. The van der Waals surface area contributed by atoms with Crippen LogP contribution < -0.4 is 5.43 Å². The van der Waals surface area contributed by atoms with E-state index in [1.165, 1.54) is 6.21 Å². The third-order valence-corrected chi connectivity index (χ3v) is 4.73. The minimum atomic E-state index is -0.428. The molecule has 0 aliphatic heterocycles. The van der Waals surface area contributed by atoms with Gasteiger partial charge in [0.1, 0.15) is 16.6 Å². The number of benzene rings is 2. The van der Waals surface area contributed by atoms with Gasteiger partial charge in [0.15, 0.2) is 0 Å². The lowest BCUT2D eigenvalue weighted by molar-refractivity contribution is 0.0945. The highest BCUT2D eigenvalue weighted by molar-refractivity contribution is 6.29. The summed E-state index contributed by atoms with van der Waals surface area (Å²) in [6.45, 7) is 0.336. The molecule has 4 rings (SSSR count). The zero-order valence-electron chi connectivity index (χ0n) is 16.3. The van der Waals surface area contributed by atoms with E-state index >= 15 is 0 Å². The van der Waals surface area contributed by atoms with E-state index in [-0.39, 0.29) is 5.75 Å². The van der Waals surface area contributed by atoms with Crippen molar-refractivity contribution in [2.75, 3.05) is 0 Å². The Labute approximate surface area is 183 Å². The summed E-state index contributed by atoms with van der Waals surface area (Å²) in [4.78, 5) is 16.9. The molecule has 0 saturated heterocycles. The first-order valence-electron chi connectivity index (χ1n) is 9.45. The molecular weight excluding hydrogens is 414 g/mol. The van der Waals surface area contributed by atoms with Gasteiger partial charge >= 0.3 is 0 Å². The van der Waals surface area contributed by atoms with Crippen molar-refractivity contribution in [2.24, 2.45) is 5.10 Å². The Morgan fingerprint density at radius 3 is 2.61 bits per heavy atom. The quantitative estimate of drug-likeness (QED) is 0.273. The molecule has 154 valence electrons. The van der Waals surface area contributed by atoms with E-state index < -0.39 is 5.91 Å². The van der Waals surface area contributed by atoms with Gasteiger partial charge in [0, 0.05) is 17.3 Å². The third-order valence-electron chi connectivity index (χ3n) is 4.51. The van der Waals surface area contributed by atoms with Crippen LogP contribution in [0.3, 0.4) is 0 Å². The highest BCUT2D eigenvalue weighted by Gasteiger charge is 2.16. The Morgan fingerprint density at radius 2 is 1.87 bits per heavy atom. The number of hydrazone groups is 1. The Hall–Kier alpha value is -3.97. The number of rotatable bonds is 6. The molecule has 0 aliphatic rings. The summed E-state index contributed by atoms with van der Waals surface area (Å²) in [6, 6.07) is 21.5. The number of phenolic OH excluding ortho intramolecular Hbond substituents is 1. The highest BCUT2D eigenvalue weighted by atomic mass is 35.5. The number of phenols is 1. The second-order valence-electron chi connectivity index (χ2n) is 6.69. The second kappa shape index (κ2) is 9.23. The minimum Gasteiger partial charge on any atom is -0.507 e. The van der Waals surface area contributed by atoms with E-state index in [4.69, 9.17) is 11.6 Å². The van der Waals surface area contributed by atoms with Crippen LogP contribution in [-0.2, 0) is 6.54 Å². The van der Waals surface area contributed by atoms with Crippen molar-refractivity contribution in [3.63, 3.8) is 0 Å². The molecule has 0 unspecified atom stereocenters. The highest BCUT2D eigenvalue weighted by Crippen LogP contribution is 2.20. The van der Waals surface area contributed by atoms with E-state index in [9.17, 15) is 9.90 Å². The van der Waals surface area contributed by atoms with E-state index in [0.717, 1.165) is 11.1 Å². The number of nitrogens with zero attached hydrogens (tertiary/aromatic N) is 4.